The van der Waals surface area contributed by atoms with Crippen LogP contribution in [0.2, 0.25) is 0 Å². The molecule has 1 aromatic rings. The van der Waals surface area contributed by atoms with E-state index in [4.69, 9.17) is 0 Å². The highest BCUT2D eigenvalue weighted by molar-refractivity contribution is 7.99. The zero-order chi connectivity index (χ0) is 11.7. The van der Waals surface area contributed by atoms with Crippen LogP contribution in [0, 0.1) is 0 Å². The van der Waals surface area contributed by atoms with Crippen LogP contribution in [0.1, 0.15) is 60.2 Å². The summed E-state index contributed by atoms with van der Waals surface area (Å²) in [6, 6.07) is 0. The second-order valence-corrected chi connectivity index (χ2v) is 7.50. The number of thioether (sulfide) groups is 1. The molecule has 0 bridgehead atoms. The first-order chi connectivity index (χ1) is 8.33. The van der Waals surface area contributed by atoms with Crippen molar-refractivity contribution in [2.45, 2.75) is 62.1 Å². The smallest absolute Gasteiger partial charge is 0.103 e. The molecule has 2 aliphatic rings. The van der Waals surface area contributed by atoms with Crippen molar-refractivity contribution in [3.8, 4) is 0 Å². The van der Waals surface area contributed by atoms with Crippen molar-refractivity contribution in [2.24, 2.45) is 0 Å². The Balaban J connectivity index is 1.63. The van der Waals surface area contributed by atoms with Crippen LogP contribution in [-0.4, -0.2) is 15.3 Å². The van der Waals surface area contributed by atoms with E-state index in [0.29, 0.717) is 0 Å². The Labute approximate surface area is 111 Å². The minimum absolute atomic E-state index is 0.291. The lowest BCUT2D eigenvalue weighted by molar-refractivity contribution is 0.153. The molecule has 2 nitrogen and oxygen atoms in total. The average Bonchev–Trinajstić information content (AvgIpc) is 2.95. The molecule has 1 aromatic heterocycles. The number of rotatable bonds is 3. The van der Waals surface area contributed by atoms with Gasteiger partial charge in [0.2, 0.25) is 0 Å². The van der Waals surface area contributed by atoms with E-state index in [1.54, 1.807) is 0 Å². The first-order valence-electron chi connectivity index (χ1n) is 6.61. The number of hydrogen-bond acceptors (Lipinski definition) is 4. The summed E-state index contributed by atoms with van der Waals surface area (Å²) in [6.45, 7) is 0. The van der Waals surface area contributed by atoms with Gasteiger partial charge in [0.05, 0.1) is 11.8 Å². The van der Waals surface area contributed by atoms with Crippen molar-refractivity contribution in [1.82, 2.24) is 4.98 Å². The van der Waals surface area contributed by atoms with Gasteiger partial charge in [-0.2, -0.15) is 11.8 Å². The first-order valence-corrected chi connectivity index (χ1v) is 8.47. The summed E-state index contributed by atoms with van der Waals surface area (Å²) in [5.41, 5.74) is 0.989. The predicted molar refractivity (Wildman–Crippen MR) is 73.6 cm³/mol. The van der Waals surface area contributed by atoms with Crippen LogP contribution in [0.25, 0.3) is 0 Å². The molecule has 1 fully saturated rings. The molecule has 94 valence electrons. The van der Waals surface area contributed by atoms with Gasteiger partial charge in [0, 0.05) is 15.9 Å². The molecule has 1 unspecified atom stereocenters. The van der Waals surface area contributed by atoms with Gasteiger partial charge in [-0.1, -0.05) is 12.8 Å². The highest BCUT2D eigenvalue weighted by Gasteiger charge is 2.23. The van der Waals surface area contributed by atoms with E-state index in [-0.39, 0.29) is 6.10 Å². The van der Waals surface area contributed by atoms with E-state index in [1.807, 2.05) is 11.3 Å². The van der Waals surface area contributed by atoms with Gasteiger partial charge in [0.1, 0.15) is 5.01 Å². The highest BCUT2D eigenvalue weighted by Crippen LogP contribution is 2.36. The minimum Gasteiger partial charge on any atom is -0.387 e. The van der Waals surface area contributed by atoms with Gasteiger partial charge in [0.15, 0.2) is 0 Å². The first kappa shape index (κ1) is 12.0. The van der Waals surface area contributed by atoms with Gasteiger partial charge in [-0.05, 0) is 32.1 Å². The molecular formula is C13H19NOS2. The number of thiazole rings is 1. The third kappa shape index (κ3) is 2.69. The third-order valence-corrected chi connectivity index (χ3v) is 6.41. The molecule has 0 radical (unpaired) electrons. The summed E-state index contributed by atoms with van der Waals surface area (Å²) in [4.78, 5) is 5.98. The predicted octanol–water partition coefficient (Wildman–Crippen LogP) is 3.69. The fraction of sp³-hybridized carbons (Fsp3) is 0.769. The summed E-state index contributed by atoms with van der Waals surface area (Å²) in [5.74, 6) is 1.05. The van der Waals surface area contributed by atoms with Crippen LogP contribution in [0.15, 0.2) is 0 Å². The number of aryl methyl sites for hydroxylation is 1. The Kier molecular flexibility index (Phi) is 3.73. The van der Waals surface area contributed by atoms with Crippen molar-refractivity contribution in [1.29, 1.82) is 0 Å². The topological polar surface area (TPSA) is 33.1 Å². The van der Waals surface area contributed by atoms with Crippen molar-refractivity contribution in [3.05, 3.63) is 15.6 Å². The Morgan fingerprint density at radius 2 is 2.06 bits per heavy atom. The fourth-order valence-electron chi connectivity index (χ4n) is 2.75. The van der Waals surface area contributed by atoms with Crippen molar-refractivity contribution >= 4 is 23.1 Å². The largest absolute Gasteiger partial charge is 0.387 e. The van der Waals surface area contributed by atoms with Gasteiger partial charge < -0.3 is 5.11 Å². The Hall–Kier alpha value is -0.0600. The van der Waals surface area contributed by atoms with E-state index < -0.39 is 0 Å². The number of hydrogen-bond donors (Lipinski definition) is 1. The highest BCUT2D eigenvalue weighted by atomic mass is 32.2. The second kappa shape index (κ2) is 5.29. The fourth-order valence-corrected chi connectivity index (χ4v) is 5.26. The number of aliphatic hydroxyl groups is 1. The molecule has 0 amide bonds. The van der Waals surface area contributed by atoms with E-state index in [0.717, 1.165) is 36.0 Å². The minimum atomic E-state index is -0.291. The van der Waals surface area contributed by atoms with Crippen molar-refractivity contribution < 1.29 is 5.11 Å². The summed E-state index contributed by atoms with van der Waals surface area (Å²) in [5, 5.41) is 12.0. The van der Waals surface area contributed by atoms with Crippen LogP contribution in [-0.2, 0) is 12.2 Å². The number of aliphatic hydroxyl groups excluding tert-OH is 1. The molecule has 0 spiro atoms. The lowest BCUT2D eigenvalue weighted by Gasteiger charge is -2.14. The number of nitrogens with zero attached hydrogens (tertiary/aromatic N) is 1. The van der Waals surface area contributed by atoms with Crippen LogP contribution < -0.4 is 0 Å². The third-order valence-electron chi connectivity index (χ3n) is 3.71. The average molecular weight is 269 g/mol. The van der Waals surface area contributed by atoms with Gasteiger partial charge in [0.25, 0.3) is 0 Å². The van der Waals surface area contributed by atoms with E-state index in [2.05, 4.69) is 16.7 Å². The summed E-state index contributed by atoms with van der Waals surface area (Å²) < 4.78 is 0. The van der Waals surface area contributed by atoms with Crippen molar-refractivity contribution in [2.75, 3.05) is 0 Å². The molecule has 4 heteroatoms. The molecule has 1 N–H and O–H groups in total. The molecule has 1 saturated carbocycles. The normalized spacial score (nSPS) is 25.1. The zero-order valence-corrected chi connectivity index (χ0v) is 11.7. The summed E-state index contributed by atoms with van der Waals surface area (Å²) >= 11 is 3.90. The van der Waals surface area contributed by atoms with Crippen LogP contribution in [0.5, 0.6) is 0 Å². The van der Waals surface area contributed by atoms with E-state index in [1.165, 1.54) is 35.6 Å². The Bertz CT molecular complexity index is 385. The van der Waals surface area contributed by atoms with E-state index >= 15 is 0 Å². The maximum absolute atomic E-state index is 9.89. The molecule has 1 heterocycles. The van der Waals surface area contributed by atoms with Crippen molar-refractivity contribution in [3.63, 3.8) is 0 Å². The second-order valence-electron chi connectivity index (χ2n) is 5.04. The van der Waals surface area contributed by atoms with Gasteiger partial charge in [-0.15, -0.1) is 11.3 Å². The molecule has 3 rings (SSSR count). The Morgan fingerprint density at radius 3 is 2.82 bits per heavy atom. The SMILES string of the molecule is OC1CCCc2sc(CSC3CCCC3)nc21. The maximum Gasteiger partial charge on any atom is 0.103 e. The lowest BCUT2D eigenvalue weighted by atomic mass is 10.0. The number of aromatic nitrogens is 1. The zero-order valence-electron chi connectivity index (χ0n) is 10.0. The summed E-state index contributed by atoms with van der Waals surface area (Å²) in [6.07, 6.45) is 8.43. The van der Waals surface area contributed by atoms with Crippen LogP contribution in [0.4, 0.5) is 0 Å². The van der Waals surface area contributed by atoms with Gasteiger partial charge in [-0.3, -0.25) is 0 Å². The standard InChI is InChI=1S/C13H19NOS2/c15-10-6-3-7-11-13(10)14-12(17-11)8-16-9-4-1-2-5-9/h9-10,15H,1-8H2. The quantitative estimate of drug-likeness (QED) is 0.908. The molecule has 17 heavy (non-hydrogen) atoms. The van der Waals surface area contributed by atoms with E-state index in [9.17, 15) is 5.11 Å². The Morgan fingerprint density at radius 1 is 1.24 bits per heavy atom. The van der Waals surface area contributed by atoms with Crippen LogP contribution >= 0.6 is 23.1 Å². The number of fused-ring (bicyclic) bond motifs is 1. The molecule has 0 saturated heterocycles. The molecule has 1 atom stereocenters. The summed E-state index contributed by atoms with van der Waals surface area (Å²) in [7, 11) is 0. The van der Waals surface area contributed by atoms with Crippen LogP contribution in [0.3, 0.4) is 0 Å². The molecule has 2 aliphatic carbocycles. The molecule has 0 aliphatic heterocycles. The van der Waals surface area contributed by atoms with Gasteiger partial charge >= 0.3 is 0 Å². The lowest BCUT2D eigenvalue weighted by Crippen LogP contribution is -2.07. The monoisotopic (exact) mass is 269 g/mol. The maximum atomic E-state index is 9.89. The van der Waals surface area contributed by atoms with Gasteiger partial charge in [-0.25, -0.2) is 4.98 Å². The molecular weight excluding hydrogens is 250 g/mol. The molecule has 0 aromatic carbocycles.